The highest BCUT2D eigenvalue weighted by atomic mass is 32.1. The largest absolute Gasteiger partial charge is 0.279 e. The van der Waals surface area contributed by atoms with Gasteiger partial charge in [-0.1, -0.05) is 41.7 Å². The molecule has 0 radical (unpaired) electrons. The van der Waals surface area contributed by atoms with Gasteiger partial charge in [0, 0.05) is 23.8 Å². The van der Waals surface area contributed by atoms with Crippen molar-refractivity contribution in [1.82, 2.24) is 15.0 Å². The van der Waals surface area contributed by atoms with Crippen LogP contribution in [-0.4, -0.2) is 20.9 Å². The van der Waals surface area contributed by atoms with Gasteiger partial charge in [0.1, 0.15) is 11.3 Å². The van der Waals surface area contributed by atoms with Gasteiger partial charge in [-0.25, -0.2) is 18.7 Å². The molecule has 5 nitrogen and oxygen atoms in total. The van der Waals surface area contributed by atoms with Crippen molar-refractivity contribution in [2.75, 3.05) is 4.90 Å². The zero-order valence-electron chi connectivity index (χ0n) is 18.6. The summed E-state index contributed by atoms with van der Waals surface area (Å²) in [5, 5.41) is 2.91. The van der Waals surface area contributed by atoms with Gasteiger partial charge in [-0.2, -0.15) is 0 Å². The van der Waals surface area contributed by atoms with Gasteiger partial charge in [0.25, 0.3) is 5.91 Å². The van der Waals surface area contributed by atoms with Crippen molar-refractivity contribution in [1.29, 1.82) is 0 Å². The normalized spacial score (nSPS) is 11.3. The Hall–Kier alpha value is -4.08. The van der Waals surface area contributed by atoms with Gasteiger partial charge in [0.05, 0.1) is 32.9 Å². The molecule has 176 valence electrons. The molecule has 0 aliphatic carbocycles. The van der Waals surface area contributed by atoms with Crippen LogP contribution in [0.4, 0.5) is 13.9 Å². The molecule has 0 aliphatic heterocycles. The summed E-state index contributed by atoms with van der Waals surface area (Å²) in [6, 6.07) is 18.8. The van der Waals surface area contributed by atoms with Gasteiger partial charge in [-0.15, -0.1) is 11.3 Å². The highest BCUT2D eigenvalue weighted by Gasteiger charge is 2.25. The first-order valence-corrected chi connectivity index (χ1v) is 12.7. The third-order valence-corrected chi connectivity index (χ3v) is 7.58. The summed E-state index contributed by atoms with van der Waals surface area (Å²) in [5.74, 6) is -1.79. The zero-order valence-corrected chi connectivity index (χ0v) is 20.2. The molecule has 36 heavy (non-hydrogen) atoms. The number of thiophene rings is 1. The summed E-state index contributed by atoms with van der Waals surface area (Å²) >= 11 is 2.60. The van der Waals surface area contributed by atoms with E-state index >= 15 is 0 Å². The summed E-state index contributed by atoms with van der Waals surface area (Å²) in [5.41, 5.74) is 2.61. The lowest BCUT2D eigenvalue weighted by molar-refractivity contribution is 0.0986. The van der Waals surface area contributed by atoms with Crippen LogP contribution in [0.2, 0.25) is 0 Å². The van der Waals surface area contributed by atoms with Crippen LogP contribution in [0.1, 0.15) is 15.9 Å². The number of fused-ring (bicyclic) bond motifs is 2. The van der Waals surface area contributed by atoms with Crippen LogP contribution in [0.25, 0.3) is 31.7 Å². The van der Waals surface area contributed by atoms with E-state index in [-0.39, 0.29) is 23.1 Å². The summed E-state index contributed by atoms with van der Waals surface area (Å²) < 4.78 is 28.7. The molecular weight excluding hydrogens is 498 g/mol. The number of rotatable bonds is 5. The standard InChI is InChI=1S/C27H16F2N4OS2/c28-17-11-20(29)25-24(12-17)36-27(32-25)33(15-16-5-3-9-30-14-16)26(34)19-13-22(23-8-4-10-35-23)31-21-7-2-1-6-18(19)21/h1-14H,15H2. The van der Waals surface area contributed by atoms with Crippen molar-refractivity contribution in [2.24, 2.45) is 0 Å². The lowest BCUT2D eigenvalue weighted by Crippen LogP contribution is -2.30. The van der Waals surface area contributed by atoms with E-state index in [9.17, 15) is 13.6 Å². The van der Waals surface area contributed by atoms with Crippen LogP contribution < -0.4 is 4.90 Å². The third kappa shape index (κ3) is 4.12. The minimum atomic E-state index is -0.768. The van der Waals surface area contributed by atoms with E-state index in [1.807, 2.05) is 47.8 Å². The predicted octanol–water partition coefficient (Wildman–Crippen LogP) is 7.09. The summed E-state index contributed by atoms with van der Waals surface area (Å²) in [6.07, 6.45) is 3.31. The molecule has 6 rings (SSSR count). The average molecular weight is 515 g/mol. The third-order valence-electron chi connectivity index (χ3n) is 5.66. The van der Waals surface area contributed by atoms with E-state index in [0.717, 1.165) is 27.8 Å². The second-order valence-electron chi connectivity index (χ2n) is 8.03. The van der Waals surface area contributed by atoms with Gasteiger partial charge >= 0.3 is 0 Å². The number of para-hydroxylation sites is 1. The fraction of sp³-hybridized carbons (Fsp3) is 0.0370. The van der Waals surface area contributed by atoms with E-state index in [1.165, 1.54) is 22.3 Å². The van der Waals surface area contributed by atoms with Crippen LogP contribution in [0, 0.1) is 11.6 Å². The number of pyridine rings is 2. The molecule has 0 spiro atoms. The van der Waals surface area contributed by atoms with Crippen LogP contribution in [0.15, 0.2) is 84.5 Å². The van der Waals surface area contributed by atoms with Crippen LogP contribution in [0.5, 0.6) is 0 Å². The molecule has 9 heteroatoms. The first-order chi connectivity index (χ1) is 17.6. The van der Waals surface area contributed by atoms with Crippen molar-refractivity contribution < 1.29 is 13.6 Å². The molecular formula is C27H16F2N4OS2. The number of amides is 1. The average Bonchev–Trinajstić information content (AvgIpc) is 3.58. The van der Waals surface area contributed by atoms with Gasteiger partial charge in [-0.05, 0) is 41.3 Å². The number of hydrogen-bond acceptors (Lipinski definition) is 6. The van der Waals surface area contributed by atoms with Crippen molar-refractivity contribution >= 4 is 54.8 Å². The maximum Gasteiger partial charge on any atom is 0.261 e. The van der Waals surface area contributed by atoms with Crippen molar-refractivity contribution in [2.45, 2.75) is 6.54 Å². The fourth-order valence-corrected chi connectivity index (χ4v) is 5.70. The molecule has 0 N–H and O–H groups in total. The van der Waals surface area contributed by atoms with E-state index < -0.39 is 11.6 Å². The van der Waals surface area contributed by atoms with Crippen LogP contribution in [0.3, 0.4) is 0 Å². The highest BCUT2D eigenvalue weighted by Crippen LogP contribution is 2.34. The number of thiazole rings is 1. The highest BCUT2D eigenvalue weighted by molar-refractivity contribution is 7.22. The Morgan fingerprint density at radius 2 is 1.86 bits per heavy atom. The first-order valence-electron chi connectivity index (χ1n) is 11.0. The summed E-state index contributed by atoms with van der Waals surface area (Å²) in [4.78, 5) is 29.9. The number of hydrogen-bond donors (Lipinski definition) is 0. The Balaban J connectivity index is 1.53. The van der Waals surface area contributed by atoms with Gasteiger partial charge < -0.3 is 0 Å². The molecule has 0 bridgehead atoms. The molecule has 0 fully saturated rings. The number of carbonyl (C=O) groups is 1. The topological polar surface area (TPSA) is 59.0 Å². The lowest BCUT2D eigenvalue weighted by atomic mass is 10.1. The summed E-state index contributed by atoms with van der Waals surface area (Å²) in [6.45, 7) is 0.154. The number of benzene rings is 2. The molecule has 0 aliphatic rings. The number of carbonyl (C=O) groups excluding carboxylic acids is 1. The van der Waals surface area contributed by atoms with Gasteiger partial charge in [-0.3, -0.25) is 14.7 Å². The molecule has 0 unspecified atom stereocenters. The van der Waals surface area contributed by atoms with Crippen LogP contribution in [-0.2, 0) is 6.54 Å². The monoisotopic (exact) mass is 514 g/mol. The molecule has 4 aromatic heterocycles. The van der Waals surface area contributed by atoms with Crippen molar-refractivity contribution in [3.05, 3.63) is 107 Å². The molecule has 1 amide bonds. The molecule has 0 atom stereocenters. The molecule has 4 heterocycles. The van der Waals surface area contributed by atoms with Crippen molar-refractivity contribution in [3.8, 4) is 10.6 Å². The quantitative estimate of drug-likeness (QED) is 0.246. The predicted molar refractivity (Wildman–Crippen MR) is 139 cm³/mol. The maximum atomic E-state index is 14.5. The van der Waals surface area contributed by atoms with E-state index in [2.05, 4.69) is 9.97 Å². The Labute approximate surface area is 212 Å². The first kappa shape index (κ1) is 22.4. The van der Waals surface area contributed by atoms with Crippen molar-refractivity contribution in [3.63, 3.8) is 0 Å². The van der Waals surface area contributed by atoms with E-state index in [0.29, 0.717) is 26.9 Å². The Kier molecular flexibility index (Phi) is 5.71. The second kappa shape index (κ2) is 9.18. The molecule has 0 saturated carbocycles. The minimum absolute atomic E-state index is 0.0271. The molecule has 6 aromatic rings. The Morgan fingerprint density at radius 3 is 2.67 bits per heavy atom. The molecule has 0 saturated heterocycles. The van der Waals surface area contributed by atoms with Gasteiger partial charge in [0.2, 0.25) is 0 Å². The smallest absolute Gasteiger partial charge is 0.261 e. The number of halogens is 2. The van der Waals surface area contributed by atoms with E-state index in [4.69, 9.17) is 4.98 Å². The maximum absolute atomic E-state index is 14.5. The number of aromatic nitrogens is 3. The Morgan fingerprint density at radius 1 is 0.972 bits per heavy atom. The molecule has 2 aromatic carbocycles. The minimum Gasteiger partial charge on any atom is -0.279 e. The lowest BCUT2D eigenvalue weighted by Gasteiger charge is -2.21. The van der Waals surface area contributed by atoms with Crippen LogP contribution >= 0.6 is 22.7 Å². The van der Waals surface area contributed by atoms with Gasteiger partial charge in [0.15, 0.2) is 10.9 Å². The van der Waals surface area contributed by atoms with E-state index in [1.54, 1.807) is 24.5 Å². The fourth-order valence-electron chi connectivity index (χ4n) is 4.01. The SMILES string of the molecule is O=C(c1cc(-c2cccs2)nc2ccccc12)N(Cc1cccnc1)c1nc2c(F)cc(F)cc2s1. The number of nitrogens with zero attached hydrogens (tertiary/aromatic N) is 4. The number of anilines is 1. The zero-order chi connectivity index (χ0) is 24.6. The second-order valence-corrected chi connectivity index (χ2v) is 9.99. The summed E-state index contributed by atoms with van der Waals surface area (Å²) in [7, 11) is 0. The Bertz CT molecular complexity index is 1720.